The molecule has 7 heteroatoms. The van der Waals surface area contributed by atoms with Gasteiger partial charge in [-0.2, -0.15) is 0 Å². The van der Waals surface area contributed by atoms with E-state index in [2.05, 4.69) is 4.90 Å². The summed E-state index contributed by atoms with van der Waals surface area (Å²) in [5.74, 6) is -0.529. The highest BCUT2D eigenvalue weighted by Gasteiger charge is 2.33. The largest absolute Gasteiger partial charge is 0.368 e. The molecule has 2 aromatic rings. The fraction of sp³-hybridized carbons (Fsp3) is 0.364. The Bertz CT molecular complexity index is 894. The Hall–Kier alpha value is -3.09. The number of hydrogen-bond acceptors (Lipinski definition) is 4. The molecule has 2 aromatic carbocycles. The van der Waals surface area contributed by atoms with Crippen LogP contribution in [0.1, 0.15) is 12.0 Å². The van der Waals surface area contributed by atoms with Crippen LogP contribution in [-0.2, 0) is 16.0 Å². The number of amides is 2. The van der Waals surface area contributed by atoms with E-state index in [4.69, 9.17) is 5.73 Å². The second-order valence-electron chi connectivity index (χ2n) is 7.54. The van der Waals surface area contributed by atoms with Crippen molar-refractivity contribution in [2.45, 2.75) is 18.9 Å². The summed E-state index contributed by atoms with van der Waals surface area (Å²) in [6.07, 6.45) is 0.935. The van der Waals surface area contributed by atoms with Gasteiger partial charge >= 0.3 is 0 Å². The van der Waals surface area contributed by atoms with Crippen LogP contribution in [-0.4, -0.2) is 55.5 Å². The maximum Gasteiger partial charge on any atom is 0.240 e. The van der Waals surface area contributed by atoms with E-state index in [1.165, 1.54) is 12.1 Å². The van der Waals surface area contributed by atoms with Crippen LogP contribution in [0.3, 0.4) is 0 Å². The first-order chi connectivity index (χ1) is 14.0. The second kappa shape index (κ2) is 8.11. The van der Waals surface area contributed by atoms with Gasteiger partial charge in [-0.1, -0.05) is 18.2 Å². The third kappa shape index (κ3) is 4.04. The highest BCUT2D eigenvalue weighted by molar-refractivity contribution is 5.87. The molecule has 2 aliphatic rings. The molecular formula is C22H25FN4O2. The van der Waals surface area contributed by atoms with Gasteiger partial charge in [0.2, 0.25) is 11.8 Å². The summed E-state index contributed by atoms with van der Waals surface area (Å²) >= 11 is 0. The molecule has 0 aromatic heterocycles. The van der Waals surface area contributed by atoms with Gasteiger partial charge in [0.15, 0.2) is 0 Å². The molecule has 0 spiro atoms. The van der Waals surface area contributed by atoms with Crippen molar-refractivity contribution < 1.29 is 14.0 Å². The van der Waals surface area contributed by atoms with Crippen LogP contribution < -0.4 is 15.5 Å². The molecule has 6 nitrogen and oxygen atoms in total. The molecule has 0 bridgehead atoms. The Morgan fingerprint density at radius 2 is 1.69 bits per heavy atom. The smallest absolute Gasteiger partial charge is 0.240 e. The molecule has 0 unspecified atom stereocenters. The van der Waals surface area contributed by atoms with E-state index >= 15 is 0 Å². The predicted molar refractivity (Wildman–Crippen MR) is 110 cm³/mol. The van der Waals surface area contributed by atoms with Gasteiger partial charge in [0.25, 0.3) is 0 Å². The number of carbonyl (C=O) groups excluding carboxylic acids is 2. The van der Waals surface area contributed by atoms with Crippen LogP contribution in [0.25, 0.3) is 0 Å². The zero-order chi connectivity index (χ0) is 20.4. The molecule has 152 valence electrons. The second-order valence-corrected chi connectivity index (χ2v) is 7.54. The minimum atomic E-state index is -0.393. The number of para-hydroxylation sites is 1. The van der Waals surface area contributed by atoms with E-state index in [-0.39, 0.29) is 17.6 Å². The Labute approximate surface area is 169 Å². The summed E-state index contributed by atoms with van der Waals surface area (Å²) in [5, 5.41) is 0. The van der Waals surface area contributed by atoms with Gasteiger partial charge in [0.05, 0.1) is 0 Å². The number of primary amides is 1. The molecule has 0 radical (unpaired) electrons. The average Bonchev–Trinajstić information content (AvgIpc) is 3.12. The molecule has 2 N–H and O–H groups in total. The standard InChI is InChI=1S/C22H25FN4O2/c23-17-5-7-18(8-6-17)25-11-13-26(14-12-25)21(28)9-10-27-19-4-2-1-3-16(19)15-20(27)22(24)29/h1-8,20H,9-15H2,(H2,24,29)/t20-/m0/s1. The van der Waals surface area contributed by atoms with Crippen molar-refractivity contribution in [2.75, 3.05) is 42.5 Å². The predicted octanol–water partition coefficient (Wildman–Crippen LogP) is 1.78. The lowest BCUT2D eigenvalue weighted by molar-refractivity contribution is -0.131. The molecule has 0 aliphatic carbocycles. The van der Waals surface area contributed by atoms with Gasteiger partial charge in [0.1, 0.15) is 11.9 Å². The van der Waals surface area contributed by atoms with Crippen LogP contribution in [0.4, 0.5) is 15.8 Å². The lowest BCUT2D eigenvalue weighted by atomic mass is 10.1. The Kier molecular flexibility index (Phi) is 5.38. The number of nitrogens with zero attached hydrogens (tertiary/aromatic N) is 3. The van der Waals surface area contributed by atoms with Gasteiger partial charge in [-0.05, 0) is 35.9 Å². The molecule has 1 fully saturated rings. The number of halogens is 1. The monoisotopic (exact) mass is 396 g/mol. The lowest BCUT2D eigenvalue weighted by Gasteiger charge is -2.36. The van der Waals surface area contributed by atoms with Crippen LogP contribution >= 0.6 is 0 Å². The van der Waals surface area contributed by atoms with Crippen LogP contribution in [0, 0.1) is 5.82 Å². The van der Waals surface area contributed by atoms with Gasteiger partial charge in [-0.25, -0.2) is 4.39 Å². The number of hydrogen-bond donors (Lipinski definition) is 1. The SMILES string of the molecule is NC(=O)[C@@H]1Cc2ccccc2N1CCC(=O)N1CCN(c2ccc(F)cc2)CC1. The molecule has 1 atom stereocenters. The van der Waals surface area contributed by atoms with Gasteiger partial charge < -0.3 is 20.4 Å². The van der Waals surface area contributed by atoms with E-state index in [1.54, 1.807) is 12.1 Å². The van der Waals surface area contributed by atoms with E-state index in [9.17, 15) is 14.0 Å². The maximum absolute atomic E-state index is 13.1. The first-order valence-corrected chi connectivity index (χ1v) is 9.95. The number of rotatable bonds is 5. The third-order valence-corrected chi connectivity index (χ3v) is 5.81. The number of nitrogens with two attached hydrogens (primary N) is 1. The Morgan fingerprint density at radius 1 is 1.00 bits per heavy atom. The lowest BCUT2D eigenvalue weighted by Crippen LogP contribution is -2.50. The molecule has 2 aliphatic heterocycles. The van der Waals surface area contributed by atoms with Gasteiger partial charge in [-0.3, -0.25) is 9.59 Å². The number of fused-ring (bicyclic) bond motifs is 1. The summed E-state index contributed by atoms with van der Waals surface area (Å²) in [5.41, 5.74) is 8.65. The normalized spacial score (nSPS) is 18.7. The maximum atomic E-state index is 13.1. The molecule has 29 heavy (non-hydrogen) atoms. The summed E-state index contributed by atoms with van der Waals surface area (Å²) in [6, 6.07) is 13.9. The van der Waals surface area contributed by atoms with Crippen molar-refractivity contribution in [1.29, 1.82) is 0 Å². The van der Waals surface area contributed by atoms with Crippen LogP contribution in [0.15, 0.2) is 48.5 Å². The third-order valence-electron chi connectivity index (χ3n) is 5.81. The van der Waals surface area contributed by atoms with Crippen LogP contribution in [0.5, 0.6) is 0 Å². The molecule has 1 saturated heterocycles. The number of benzene rings is 2. The van der Waals surface area contributed by atoms with Gasteiger partial charge in [-0.15, -0.1) is 0 Å². The highest BCUT2D eigenvalue weighted by atomic mass is 19.1. The molecule has 0 saturated carbocycles. The average molecular weight is 396 g/mol. The van der Waals surface area contributed by atoms with Crippen molar-refractivity contribution in [3.8, 4) is 0 Å². The fourth-order valence-corrected chi connectivity index (χ4v) is 4.22. The zero-order valence-corrected chi connectivity index (χ0v) is 16.3. The first kappa shape index (κ1) is 19.2. The Morgan fingerprint density at radius 3 is 2.38 bits per heavy atom. The van der Waals surface area contributed by atoms with Crippen molar-refractivity contribution >= 4 is 23.2 Å². The Balaban J connectivity index is 1.33. The first-order valence-electron chi connectivity index (χ1n) is 9.95. The summed E-state index contributed by atoms with van der Waals surface area (Å²) in [4.78, 5) is 30.6. The molecule has 4 rings (SSSR count). The summed E-state index contributed by atoms with van der Waals surface area (Å²) < 4.78 is 13.1. The number of piperazine rings is 1. The fourth-order valence-electron chi connectivity index (χ4n) is 4.22. The van der Waals surface area contributed by atoms with Crippen molar-refractivity contribution in [2.24, 2.45) is 5.73 Å². The van der Waals surface area contributed by atoms with E-state index in [0.29, 0.717) is 45.6 Å². The number of anilines is 2. The number of carbonyl (C=O) groups is 2. The van der Waals surface area contributed by atoms with Crippen molar-refractivity contribution in [3.63, 3.8) is 0 Å². The quantitative estimate of drug-likeness (QED) is 0.837. The minimum absolute atomic E-state index is 0.0800. The van der Waals surface area contributed by atoms with Crippen molar-refractivity contribution in [3.05, 3.63) is 59.9 Å². The van der Waals surface area contributed by atoms with Crippen LogP contribution in [0.2, 0.25) is 0 Å². The highest BCUT2D eigenvalue weighted by Crippen LogP contribution is 2.32. The van der Waals surface area contributed by atoms with Crippen molar-refractivity contribution in [1.82, 2.24) is 4.90 Å². The van der Waals surface area contributed by atoms with Gasteiger partial charge in [0, 0.05) is 56.9 Å². The zero-order valence-electron chi connectivity index (χ0n) is 16.3. The molecule has 2 amide bonds. The molecular weight excluding hydrogens is 371 g/mol. The topological polar surface area (TPSA) is 69.9 Å². The summed E-state index contributed by atoms with van der Waals surface area (Å²) in [6.45, 7) is 3.17. The van der Waals surface area contributed by atoms with E-state index < -0.39 is 6.04 Å². The van der Waals surface area contributed by atoms with E-state index in [1.807, 2.05) is 34.1 Å². The minimum Gasteiger partial charge on any atom is -0.368 e. The van der Waals surface area contributed by atoms with E-state index in [0.717, 1.165) is 16.9 Å². The molecule has 2 heterocycles. The summed E-state index contributed by atoms with van der Waals surface area (Å²) in [7, 11) is 0.